The van der Waals surface area contributed by atoms with E-state index in [-0.39, 0.29) is 18.0 Å². The summed E-state index contributed by atoms with van der Waals surface area (Å²) in [7, 11) is 1.55. The van der Waals surface area contributed by atoms with Crippen LogP contribution in [0.2, 0.25) is 10.0 Å². The smallest absolute Gasteiger partial charge is 0.407 e. The summed E-state index contributed by atoms with van der Waals surface area (Å²) in [6.45, 7) is 0.956. The number of benzene rings is 2. The van der Waals surface area contributed by atoms with Crippen molar-refractivity contribution in [2.45, 2.75) is 25.3 Å². The minimum absolute atomic E-state index is 0.156. The van der Waals surface area contributed by atoms with E-state index in [0.717, 1.165) is 12.0 Å². The molecule has 0 aliphatic carbocycles. The molecule has 31 heavy (non-hydrogen) atoms. The van der Waals surface area contributed by atoms with Crippen molar-refractivity contribution in [1.29, 1.82) is 0 Å². The molecule has 1 saturated heterocycles. The topological polar surface area (TPSA) is 90.9 Å². The van der Waals surface area contributed by atoms with Gasteiger partial charge in [0.05, 0.1) is 16.7 Å². The zero-order valence-corrected chi connectivity index (χ0v) is 18.6. The van der Waals surface area contributed by atoms with Crippen molar-refractivity contribution in [3.8, 4) is 5.75 Å². The van der Waals surface area contributed by atoms with Crippen LogP contribution in [-0.2, 0) is 6.42 Å². The number of halogens is 2. The second kappa shape index (κ2) is 10.6. The van der Waals surface area contributed by atoms with Gasteiger partial charge < -0.3 is 25.4 Å². The lowest BCUT2D eigenvalue weighted by Crippen LogP contribution is -2.47. The number of carbonyl (C=O) groups excluding carboxylic acids is 1. The van der Waals surface area contributed by atoms with Crippen molar-refractivity contribution < 1.29 is 19.4 Å². The molecule has 9 heteroatoms. The van der Waals surface area contributed by atoms with Crippen LogP contribution in [0.25, 0.3) is 0 Å². The highest BCUT2D eigenvalue weighted by Gasteiger charge is 2.32. The van der Waals surface area contributed by atoms with Crippen LogP contribution in [-0.4, -0.2) is 48.4 Å². The van der Waals surface area contributed by atoms with Crippen molar-refractivity contribution >= 4 is 41.0 Å². The van der Waals surface area contributed by atoms with E-state index in [1.54, 1.807) is 43.4 Å². The molecule has 3 rings (SSSR count). The molecule has 0 radical (unpaired) electrons. The second-order valence-corrected chi connectivity index (χ2v) is 8.33. The predicted octanol–water partition coefficient (Wildman–Crippen LogP) is 5.12. The molecule has 0 bridgehead atoms. The molecular weight excluding hydrogens is 441 g/mol. The van der Waals surface area contributed by atoms with Crippen LogP contribution in [0.15, 0.2) is 42.5 Å². The van der Waals surface area contributed by atoms with Gasteiger partial charge in [0.15, 0.2) is 0 Å². The van der Waals surface area contributed by atoms with Gasteiger partial charge in [0, 0.05) is 25.3 Å². The summed E-state index contributed by atoms with van der Waals surface area (Å²) in [5.74, 6) is 0.927. The van der Waals surface area contributed by atoms with E-state index in [0.29, 0.717) is 47.5 Å². The third kappa shape index (κ3) is 6.42. The Morgan fingerprint density at radius 1 is 1.16 bits per heavy atom. The molecule has 3 amide bonds. The Morgan fingerprint density at radius 3 is 2.55 bits per heavy atom. The zero-order chi connectivity index (χ0) is 22.4. The summed E-state index contributed by atoms with van der Waals surface area (Å²) in [6, 6.07) is 12.1. The van der Waals surface area contributed by atoms with Gasteiger partial charge in [-0.05, 0) is 67.1 Å². The molecule has 2 atom stereocenters. The summed E-state index contributed by atoms with van der Waals surface area (Å²) in [6.07, 6.45) is 1.09. The number of nitrogens with one attached hydrogen (secondary N) is 2. The molecule has 2 aromatic carbocycles. The van der Waals surface area contributed by atoms with Gasteiger partial charge >= 0.3 is 12.1 Å². The monoisotopic (exact) mass is 465 g/mol. The zero-order valence-electron chi connectivity index (χ0n) is 17.1. The Labute approximate surface area is 191 Å². The molecule has 0 aromatic heterocycles. The van der Waals surface area contributed by atoms with Crippen molar-refractivity contribution in [2.75, 3.05) is 25.5 Å². The number of anilines is 1. The molecule has 1 fully saturated rings. The first-order chi connectivity index (χ1) is 14.9. The van der Waals surface area contributed by atoms with E-state index in [1.807, 2.05) is 6.07 Å². The van der Waals surface area contributed by atoms with E-state index in [4.69, 9.17) is 27.9 Å². The van der Waals surface area contributed by atoms with Crippen molar-refractivity contribution in [3.63, 3.8) is 0 Å². The lowest BCUT2D eigenvalue weighted by molar-refractivity contribution is 0.0761. The van der Waals surface area contributed by atoms with Gasteiger partial charge in [0.2, 0.25) is 0 Å². The minimum Gasteiger partial charge on any atom is -0.493 e. The molecule has 1 aliphatic rings. The Kier molecular flexibility index (Phi) is 7.87. The lowest BCUT2D eigenvalue weighted by Gasteiger charge is -2.38. The van der Waals surface area contributed by atoms with Gasteiger partial charge in [0.1, 0.15) is 5.75 Å². The average Bonchev–Trinajstić information content (AvgIpc) is 2.75. The van der Waals surface area contributed by atoms with Crippen LogP contribution in [0, 0.1) is 5.92 Å². The first-order valence-electron chi connectivity index (χ1n) is 10.0. The van der Waals surface area contributed by atoms with Gasteiger partial charge in [-0.3, -0.25) is 0 Å². The molecule has 3 N–H and O–H groups in total. The predicted molar refractivity (Wildman–Crippen MR) is 121 cm³/mol. The van der Waals surface area contributed by atoms with Gasteiger partial charge in [0.25, 0.3) is 0 Å². The molecular formula is C22H25Cl2N3O4. The maximum absolute atomic E-state index is 11.7. The minimum atomic E-state index is -0.913. The number of amides is 3. The van der Waals surface area contributed by atoms with Crippen LogP contribution in [0.3, 0.4) is 0 Å². The SMILES string of the molecule is CNC(=O)Nc1ccc(OCC2CCN(C(=O)O)C(Cc3ccc(Cl)c(Cl)c3)C2)cc1. The molecule has 166 valence electrons. The van der Waals surface area contributed by atoms with Crippen molar-refractivity contribution in [3.05, 3.63) is 58.1 Å². The Morgan fingerprint density at radius 2 is 1.90 bits per heavy atom. The van der Waals surface area contributed by atoms with Gasteiger partial charge in [-0.2, -0.15) is 0 Å². The van der Waals surface area contributed by atoms with E-state index in [9.17, 15) is 14.7 Å². The van der Waals surface area contributed by atoms with Gasteiger partial charge in [-0.1, -0.05) is 29.3 Å². The Bertz CT molecular complexity index is 923. The lowest BCUT2D eigenvalue weighted by atomic mass is 9.88. The summed E-state index contributed by atoms with van der Waals surface area (Å²) >= 11 is 12.1. The molecule has 1 aliphatic heterocycles. The molecule has 1 heterocycles. The van der Waals surface area contributed by atoms with Crippen molar-refractivity contribution in [2.24, 2.45) is 5.92 Å². The number of likely N-dealkylation sites (tertiary alicyclic amines) is 1. The number of urea groups is 1. The van der Waals surface area contributed by atoms with Crippen molar-refractivity contribution in [1.82, 2.24) is 10.2 Å². The molecule has 0 saturated carbocycles. The highest BCUT2D eigenvalue weighted by molar-refractivity contribution is 6.42. The first-order valence-corrected chi connectivity index (χ1v) is 10.8. The van der Waals surface area contributed by atoms with Gasteiger partial charge in [-0.15, -0.1) is 0 Å². The van der Waals surface area contributed by atoms with Gasteiger partial charge in [-0.25, -0.2) is 9.59 Å². The third-order valence-electron chi connectivity index (χ3n) is 5.35. The summed E-state index contributed by atoms with van der Waals surface area (Å²) < 4.78 is 5.93. The van der Waals surface area contributed by atoms with Crippen LogP contribution >= 0.6 is 23.2 Å². The largest absolute Gasteiger partial charge is 0.493 e. The summed E-state index contributed by atoms with van der Waals surface area (Å²) in [5, 5.41) is 15.7. The molecule has 2 unspecified atom stereocenters. The van der Waals surface area contributed by atoms with Crippen LogP contribution in [0.4, 0.5) is 15.3 Å². The number of ether oxygens (including phenoxy) is 1. The van der Waals surface area contributed by atoms with Crippen LogP contribution in [0.5, 0.6) is 5.75 Å². The van der Waals surface area contributed by atoms with E-state index in [1.165, 1.54) is 4.90 Å². The quantitative estimate of drug-likeness (QED) is 0.551. The summed E-state index contributed by atoms with van der Waals surface area (Å²) in [5.41, 5.74) is 1.62. The fourth-order valence-corrected chi connectivity index (χ4v) is 4.03. The number of rotatable bonds is 6. The summed E-state index contributed by atoms with van der Waals surface area (Å²) in [4.78, 5) is 24.6. The van der Waals surface area contributed by atoms with E-state index < -0.39 is 6.09 Å². The van der Waals surface area contributed by atoms with Crippen LogP contribution in [0.1, 0.15) is 18.4 Å². The average molecular weight is 466 g/mol. The number of hydrogen-bond acceptors (Lipinski definition) is 3. The Balaban J connectivity index is 1.59. The standard InChI is InChI=1S/C22H25Cl2N3O4/c1-25-21(28)26-16-3-5-18(6-4-16)31-13-15-8-9-27(22(29)30)17(11-15)10-14-2-7-19(23)20(24)12-14/h2-7,12,15,17H,8-11,13H2,1H3,(H,29,30)(H2,25,26,28). The Hall–Kier alpha value is -2.64. The molecule has 0 spiro atoms. The van der Waals surface area contributed by atoms with Crippen LogP contribution < -0.4 is 15.4 Å². The van der Waals surface area contributed by atoms with E-state index in [2.05, 4.69) is 10.6 Å². The highest BCUT2D eigenvalue weighted by atomic mass is 35.5. The fourth-order valence-electron chi connectivity index (χ4n) is 3.71. The highest BCUT2D eigenvalue weighted by Crippen LogP contribution is 2.29. The fraction of sp³-hybridized carbons (Fsp3) is 0.364. The number of carbonyl (C=O) groups is 2. The number of piperidine rings is 1. The number of nitrogens with zero attached hydrogens (tertiary/aromatic N) is 1. The maximum Gasteiger partial charge on any atom is 0.407 e. The number of hydrogen-bond donors (Lipinski definition) is 3. The van der Waals surface area contributed by atoms with E-state index >= 15 is 0 Å². The molecule has 7 nitrogen and oxygen atoms in total. The third-order valence-corrected chi connectivity index (χ3v) is 6.09. The molecule has 2 aromatic rings. The second-order valence-electron chi connectivity index (χ2n) is 7.51. The maximum atomic E-state index is 11.7. The number of carboxylic acid groups (broad SMARTS) is 1. The normalized spacial score (nSPS) is 18.4. The first kappa shape index (κ1) is 23.0.